The van der Waals surface area contributed by atoms with E-state index in [4.69, 9.17) is 11.6 Å². The van der Waals surface area contributed by atoms with Gasteiger partial charge in [-0.25, -0.2) is 0 Å². The molecule has 0 spiro atoms. The Morgan fingerprint density at radius 3 is 2.71 bits per heavy atom. The van der Waals surface area contributed by atoms with Gasteiger partial charge in [0.25, 0.3) is 0 Å². The lowest BCUT2D eigenvalue weighted by atomic mass is 9.87. The fourth-order valence-corrected chi connectivity index (χ4v) is 2.27. The average Bonchev–Trinajstić information content (AvgIpc) is 2.30. The predicted octanol–water partition coefficient (Wildman–Crippen LogP) is 4.11. The van der Waals surface area contributed by atoms with Crippen LogP contribution in [0.4, 0.5) is 0 Å². The van der Waals surface area contributed by atoms with Crippen LogP contribution in [0.5, 0.6) is 0 Å². The fraction of sp³-hybridized carbons (Fsp3) is 0.385. The van der Waals surface area contributed by atoms with Crippen molar-refractivity contribution >= 4 is 17.2 Å². The summed E-state index contributed by atoms with van der Waals surface area (Å²) >= 11 is 5.91. The Hall–Kier alpha value is -0.750. The Kier molecular flexibility index (Phi) is 3.26. The van der Waals surface area contributed by atoms with Gasteiger partial charge in [-0.15, -0.1) is 11.6 Å². The molecule has 0 bridgehead atoms. The Labute approximate surface area is 90.6 Å². The van der Waals surface area contributed by atoms with Crippen molar-refractivity contribution in [3.63, 3.8) is 0 Å². The summed E-state index contributed by atoms with van der Waals surface area (Å²) in [4.78, 5) is 0. The molecule has 0 heterocycles. The molecule has 1 aliphatic rings. The van der Waals surface area contributed by atoms with Gasteiger partial charge >= 0.3 is 0 Å². The van der Waals surface area contributed by atoms with Gasteiger partial charge in [0, 0.05) is 5.88 Å². The van der Waals surface area contributed by atoms with Crippen LogP contribution in [0, 0.1) is 5.92 Å². The number of rotatable bonds is 2. The largest absolute Gasteiger partial charge is 0.126 e. The zero-order valence-corrected chi connectivity index (χ0v) is 9.00. The van der Waals surface area contributed by atoms with Crippen molar-refractivity contribution in [1.82, 2.24) is 0 Å². The number of alkyl halides is 1. The van der Waals surface area contributed by atoms with Crippen LogP contribution < -0.4 is 0 Å². The lowest BCUT2D eigenvalue weighted by Crippen LogP contribution is -2.07. The van der Waals surface area contributed by atoms with Gasteiger partial charge in [-0.3, -0.25) is 0 Å². The predicted molar refractivity (Wildman–Crippen MR) is 62.5 cm³/mol. The minimum atomic E-state index is 0.678. The second kappa shape index (κ2) is 4.65. The van der Waals surface area contributed by atoms with Gasteiger partial charge < -0.3 is 0 Å². The summed E-state index contributed by atoms with van der Waals surface area (Å²) in [5, 5.41) is 0. The molecule has 0 unspecified atom stereocenters. The molecule has 1 aliphatic carbocycles. The Balaban J connectivity index is 2.16. The van der Waals surface area contributed by atoms with Crippen molar-refractivity contribution in [3.8, 4) is 0 Å². The van der Waals surface area contributed by atoms with Gasteiger partial charge in [-0.05, 0) is 36.3 Å². The number of halogens is 1. The highest BCUT2D eigenvalue weighted by Gasteiger charge is 2.14. The summed E-state index contributed by atoms with van der Waals surface area (Å²) in [5.74, 6) is 1.47. The highest BCUT2D eigenvalue weighted by Crippen LogP contribution is 2.31. The highest BCUT2D eigenvalue weighted by atomic mass is 35.5. The second-order valence-electron chi connectivity index (χ2n) is 3.90. The van der Waals surface area contributed by atoms with Gasteiger partial charge in [0.2, 0.25) is 0 Å². The maximum absolute atomic E-state index is 5.91. The van der Waals surface area contributed by atoms with E-state index in [1.807, 2.05) is 0 Å². The molecule has 0 aliphatic heterocycles. The van der Waals surface area contributed by atoms with Gasteiger partial charge in [0.15, 0.2) is 0 Å². The quantitative estimate of drug-likeness (QED) is 0.639. The monoisotopic (exact) mass is 206 g/mol. The molecule has 1 heteroatoms. The summed E-state index contributed by atoms with van der Waals surface area (Å²) in [5.41, 5.74) is 2.84. The third-order valence-corrected chi connectivity index (χ3v) is 3.27. The molecule has 74 valence electrons. The summed E-state index contributed by atoms with van der Waals surface area (Å²) in [6.07, 6.45) is 5.94. The second-order valence-corrected chi connectivity index (χ2v) is 4.21. The molecule has 1 aromatic carbocycles. The van der Waals surface area contributed by atoms with Crippen molar-refractivity contribution in [1.29, 1.82) is 0 Å². The third-order valence-electron chi connectivity index (χ3n) is 2.84. The zero-order chi connectivity index (χ0) is 9.80. The molecule has 0 aromatic heterocycles. The topological polar surface area (TPSA) is 0 Å². The van der Waals surface area contributed by atoms with Crippen LogP contribution in [-0.2, 0) is 0 Å². The summed E-state index contributed by atoms with van der Waals surface area (Å²) < 4.78 is 0. The molecule has 14 heavy (non-hydrogen) atoms. The van der Waals surface area contributed by atoms with E-state index < -0.39 is 0 Å². The van der Waals surface area contributed by atoms with E-state index in [0.717, 1.165) is 12.3 Å². The van der Waals surface area contributed by atoms with Crippen LogP contribution in [0.1, 0.15) is 24.8 Å². The number of benzene rings is 1. The van der Waals surface area contributed by atoms with Crippen molar-refractivity contribution in [2.45, 2.75) is 19.3 Å². The molecule has 0 saturated carbocycles. The normalized spacial score (nSPS) is 21.8. The molecule has 0 N–H and O–H groups in total. The molecular weight excluding hydrogens is 192 g/mol. The zero-order valence-electron chi connectivity index (χ0n) is 8.25. The first-order chi connectivity index (χ1) is 6.90. The molecule has 1 atom stereocenters. The van der Waals surface area contributed by atoms with Crippen LogP contribution in [0.15, 0.2) is 36.4 Å². The van der Waals surface area contributed by atoms with E-state index in [9.17, 15) is 0 Å². The molecule has 2 rings (SSSR count). The first kappa shape index (κ1) is 9.79. The molecule has 0 nitrogen and oxygen atoms in total. The number of hydrogen-bond acceptors (Lipinski definition) is 0. The standard InChI is InChI=1S/C13H15Cl/c14-10-11-5-4-8-13(9-11)12-6-2-1-3-7-12/h1-3,6-8,11H,4-5,9-10H2/t11-/m1/s1. The molecular formula is C13H15Cl. The van der Waals surface area contributed by atoms with Gasteiger partial charge in [-0.1, -0.05) is 36.4 Å². The van der Waals surface area contributed by atoms with Gasteiger partial charge in [0.05, 0.1) is 0 Å². The summed E-state index contributed by atoms with van der Waals surface area (Å²) in [6.45, 7) is 0. The van der Waals surface area contributed by atoms with Crippen LogP contribution in [-0.4, -0.2) is 5.88 Å². The SMILES string of the molecule is ClC[C@@H]1CCC=C(c2ccccc2)C1. The maximum Gasteiger partial charge on any atom is 0.0255 e. The van der Waals surface area contributed by atoms with Crippen LogP contribution in [0.25, 0.3) is 5.57 Å². The smallest absolute Gasteiger partial charge is 0.0255 e. The summed E-state index contributed by atoms with van der Waals surface area (Å²) in [7, 11) is 0. The Bertz CT molecular complexity index is 313. The molecule has 0 amide bonds. The van der Waals surface area contributed by atoms with Crippen molar-refractivity contribution in [3.05, 3.63) is 42.0 Å². The Morgan fingerprint density at radius 1 is 1.21 bits per heavy atom. The highest BCUT2D eigenvalue weighted by molar-refractivity contribution is 6.18. The van der Waals surface area contributed by atoms with Crippen molar-refractivity contribution in [2.75, 3.05) is 5.88 Å². The van der Waals surface area contributed by atoms with E-state index in [-0.39, 0.29) is 0 Å². The van der Waals surface area contributed by atoms with Crippen LogP contribution in [0.2, 0.25) is 0 Å². The fourth-order valence-electron chi connectivity index (χ4n) is 2.01. The lowest BCUT2D eigenvalue weighted by molar-refractivity contribution is 0.542. The molecule has 0 radical (unpaired) electrons. The van der Waals surface area contributed by atoms with Crippen LogP contribution in [0.3, 0.4) is 0 Å². The number of allylic oxidation sites excluding steroid dienone is 2. The van der Waals surface area contributed by atoms with E-state index in [1.54, 1.807) is 0 Å². The summed E-state index contributed by atoms with van der Waals surface area (Å²) in [6, 6.07) is 10.6. The van der Waals surface area contributed by atoms with Gasteiger partial charge in [-0.2, -0.15) is 0 Å². The third kappa shape index (κ3) is 2.19. The van der Waals surface area contributed by atoms with Crippen molar-refractivity contribution < 1.29 is 0 Å². The molecule has 0 saturated heterocycles. The lowest BCUT2D eigenvalue weighted by Gasteiger charge is -2.20. The van der Waals surface area contributed by atoms with Crippen molar-refractivity contribution in [2.24, 2.45) is 5.92 Å². The average molecular weight is 207 g/mol. The number of hydrogen-bond donors (Lipinski definition) is 0. The van der Waals surface area contributed by atoms with Crippen LogP contribution >= 0.6 is 11.6 Å². The van der Waals surface area contributed by atoms with E-state index in [0.29, 0.717) is 5.92 Å². The Morgan fingerprint density at radius 2 is 2.00 bits per heavy atom. The maximum atomic E-state index is 5.91. The van der Waals surface area contributed by atoms with E-state index >= 15 is 0 Å². The van der Waals surface area contributed by atoms with E-state index in [2.05, 4.69) is 36.4 Å². The first-order valence-corrected chi connectivity index (χ1v) is 5.74. The molecule has 0 fully saturated rings. The first-order valence-electron chi connectivity index (χ1n) is 5.20. The van der Waals surface area contributed by atoms with Gasteiger partial charge in [0.1, 0.15) is 0 Å². The molecule has 1 aromatic rings. The van der Waals surface area contributed by atoms with E-state index in [1.165, 1.54) is 24.0 Å². The minimum Gasteiger partial charge on any atom is -0.126 e. The minimum absolute atomic E-state index is 0.678.